The minimum absolute atomic E-state index is 0.291. The van der Waals surface area contributed by atoms with Crippen LogP contribution in [0.2, 0.25) is 5.02 Å². The Labute approximate surface area is 166 Å². The zero-order valence-electron chi connectivity index (χ0n) is 15.3. The van der Waals surface area contributed by atoms with Gasteiger partial charge in [0.15, 0.2) is 0 Å². The molecule has 0 atom stereocenters. The monoisotopic (exact) mass is 399 g/mol. The molecule has 2 heterocycles. The first-order chi connectivity index (χ1) is 13.6. The fourth-order valence-electron chi connectivity index (χ4n) is 2.36. The molecule has 9 heteroatoms. The van der Waals surface area contributed by atoms with Gasteiger partial charge in [-0.3, -0.25) is 9.78 Å². The van der Waals surface area contributed by atoms with Crippen LogP contribution in [0.4, 0.5) is 11.6 Å². The van der Waals surface area contributed by atoms with Crippen molar-refractivity contribution in [3.8, 4) is 11.5 Å². The van der Waals surface area contributed by atoms with E-state index in [1.165, 1.54) is 26.6 Å². The second-order valence-electron chi connectivity index (χ2n) is 5.61. The Kier molecular flexibility index (Phi) is 6.23. The van der Waals surface area contributed by atoms with Crippen molar-refractivity contribution in [1.29, 1.82) is 0 Å². The molecule has 0 aliphatic rings. The van der Waals surface area contributed by atoms with Gasteiger partial charge in [0.2, 0.25) is 5.95 Å². The van der Waals surface area contributed by atoms with Crippen LogP contribution in [0, 0.1) is 0 Å². The molecule has 0 fully saturated rings. The molecule has 0 saturated heterocycles. The third kappa shape index (κ3) is 4.66. The molecular weight excluding hydrogens is 382 g/mol. The normalized spacial score (nSPS) is 10.2. The second kappa shape index (κ2) is 9.01. The number of amides is 1. The number of pyridine rings is 1. The molecule has 0 bridgehead atoms. The van der Waals surface area contributed by atoms with Crippen LogP contribution in [0.1, 0.15) is 16.1 Å². The van der Waals surface area contributed by atoms with E-state index < -0.39 is 0 Å². The Balaban J connectivity index is 1.68. The minimum Gasteiger partial charge on any atom is -0.495 e. The predicted octanol–water partition coefficient (Wildman–Crippen LogP) is 3.41. The van der Waals surface area contributed by atoms with Crippen molar-refractivity contribution in [2.75, 3.05) is 24.9 Å². The lowest BCUT2D eigenvalue weighted by molar-refractivity contribution is 0.102. The van der Waals surface area contributed by atoms with Crippen molar-refractivity contribution < 1.29 is 14.3 Å². The number of anilines is 2. The SMILES string of the molecule is COc1cc(NC(=O)c2cnc(NCc3ccccn3)nc2)c(OC)cc1Cl. The number of hydrogen-bond acceptors (Lipinski definition) is 7. The minimum atomic E-state index is -0.390. The summed E-state index contributed by atoms with van der Waals surface area (Å²) in [7, 11) is 2.97. The third-order valence-corrected chi connectivity index (χ3v) is 4.09. The average molecular weight is 400 g/mol. The quantitative estimate of drug-likeness (QED) is 0.628. The van der Waals surface area contributed by atoms with Gasteiger partial charge in [-0.25, -0.2) is 9.97 Å². The van der Waals surface area contributed by atoms with E-state index >= 15 is 0 Å². The first-order valence-corrected chi connectivity index (χ1v) is 8.67. The highest BCUT2D eigenvalue weighted by Gasteiger charge is 2.14. The van der Waals surface area contributed by atoms with Crippen molar-refractivity contribution in [2.24, 2.45) is 0 Å². The van der Waals surface area contributed by atoms with E-state index in [2.05, 4.69) is 25.6 Å². The smallest absolute Gasteiger partial charge is 0.258 e. The van der Waals surface area contributed by atoms with E-state index in [4.69, 9.17) is 21.1 Å². The number of methoxy groups -OCH3 is 2. The van der Waals surface area contributed by atoms with Crippen LogP contribution in [-0.2, 0) is 6.54 Å². The molecule has 144 valence electrons. The van der Waals surface area contributed by atoms with Gasteiger partial charge in [-0.05, 0) is 12.1 Å². The molecule has 2 N–H and O–H groups in total. The van der Waals surface area contributed by atoms with Gasteiger partial charge < -0.3 is 20.1 Å². The fourth-order valence-corrected chi connectivity index (χ4v) is 2.59. The molecule has 1 amide bonds. The fraction of sp³-hybridized carbons (Fsp3) is 0.158. The van der Waals surface area contributed by atoms with Crippen molar-refractivity contribution in [2.45, 2.75) is 6.54 Å². The number of ether oxygens (including phenoxy) is 2. The lowest BCUT2D eigenvalue weighted by atomic mass is 10.2. The van der Waals surface area contributed by atoms with Crippen molar-refractivity contribution >= 4 is 29.1 Å². The number of nitrogens with zero attached hydrogens (tertiary/aromatic N) is 3. The maximum absolute atomic E-state index is 12.5. The molecule has 2 aromatic heterocycles. The highest BCUT2D eigenvalue weighted by atomic mass is 35.5. The molecule has 0 aliphatic heterocycles. The van der Waals surface area contributed by atoms with Gasteiger partial charge in [0.1, 0.15) is 11.5 Å². The number of halogens is 1. The Bertz CT molecular complexity index is 952. The molecule has 0 aliphatic carbocycles. The third-order valence-electron chi connectivity index (χ3n) is 3.79. The summed E-state index contributed by atoms with van der Waals surface area (Å²) in [4.78, 5) is 25.0. The van der Waals surface area contributed by atoms with Crippen molar-refractivity contribution in [1.82, 2.24) is 15.0 Å². The van der Waals surface area contributed by atoms with Crippen molar-refractivity contribution in [3.63, 3.8) is 0 Å². The standard InChI is InChI=1S/C19H18ClN5O3/c1-27-16-8-15(17(28-2)7-14(16)20)25-18(26)12-9-22-19(23-10-12)24-11-13-5-3-4-6-21-13/h3-10H,11H2,1-2H3,(H,25,26)(H,22,23,24). The van der Waals surface area contributed by atoms with Crippen LogP contribution in [0.15, 0.2) is 48.9 Å². The molecule has 0 unspecified atom stereocenters. The summed E-state index contributed by atoms with van der Waals surface area (Å²) < 4.78 is 10.4. The zero-order chi connectivity index (χ0) is 19.9. The maximum Gasteiger partial charge on any atom is 0.258 e. The molecule has 3 aromatic rings. The van der Waals surface area contributed by atoms with E-state index in [1.54, 1.807) is 18.3 Å². The summed E-state index contributed by atoms with van der Waals surface area (Å²) in [5.74, 6) is 0.837. The number of hydrogen-bond donors (Lipinski definition) is 2. The maximum atomic E-state index is 12.5. The number of carbonyl (C=O) groups is 1. The molecule has 0 radical (unpaired) electrons. The van der Waals surface area contributed by atoms with Crippen LogP contribution in [-0.4, -0.2) is 35.1 Å². The highest BCUT2D eigenvalue weighted by Crippen LogP contribution is 2.36. The van der Waals surface area contributed by atoms with E-state index in [1.807, 2.05) is 18.2 Å². The second-order valence-corrected chi connectivity index (χ2v) is 6.02. The Morgan fingerprint density at radius 1 is 1.07 bits per heavy atom. The molecule has 1 aromatic carbocycles. The van der Waals surface area contributed by atoms with Crippen LogP contribution >= 0.6 is 11.6 Å². The van der Waals surface area contributed by atoms with E-state index in [0.717, 1.165) is 5.69 Å². The van der Waals surface area contributed by atoms with Gasteiger partial charge in [0, 0.05) is 30.7 Å². The van der Waals surface area contributed by atoms with Gasteiger partial charge in [0.05, 0.1) is 42.7 Å². The highest BCUT2D eigenvalue weighted by molar-refractivity contribution is 6.32. The van der Waals surface area contributed by atoms with Gasteiger partial charge in [0.25, 0.3) is 5.91 Å². The number of nitrogens with one attached hydrogen (secondary N) is 2. The van der Waals surface area contributed by atoms with Gasteiger partial charge in [-0.1, -0.05) is 17.7 Å². The van der Waals surface area contributed by atoms with E-state index in [0.29, 0.717) is 40.3 Å². The zero-order valence-corrected chi connectivity index (χ0v) is 16.0. The summed E-state index contributed by atoms with van der Waals surface area (Å²) in [6.07, 6.45) is 4.58. The molecule has 0 saturated carbocycles. The van der Waals surface area contributed by atoms with E-state index in [-0.39, 0.29) is 5.91 Å². The topological polar surface area (TPSA) is 98.3 Å². The molecule has 0 spiro atoms. The molecule has 28 heavy (non-hydrogen) atoms. The van der Waals surface area contributed by atoms with Crippen LogP contribution in [0.25, 0.3) is 0 Å². The number of benzene rings is 1. The molecular formula is C19H18ClN5O3. The largest absolute Gasteiger partial charge is 0.495 e. The van der Waals surface area contributed by atoms with Gasteiger partial charge in [-0.2, -0.15) is 0 Å². The summed E-state index contributed by atoms with van der Waals surface area (Å²) >= 11 is 6.08. The van der Waals surface area contributed by atoms with Crippen molar-refractivity contribution in [3.05, 3.63) is 65.2 Å². The predicted molar refractivity (Wildman–Crippen MR) is 106 cm³/mol. The summed E-state index contributed by atoms with van der Waals surface area (Å²) in [6.45, 7) is 0.480. The van der Waals surface area contributed by atoms with Crippen LogP contribution in [0.3, 0.4) is 0 Å². The van der Waals surface area contributed by atoms with E-state index in [9.17, 15) is 4.79 Å². The molecule has 3 rings (SSSR count). The number of aromatic nitrogens is 3. The summed E-state index contributed by atoms with van der Waals surface area (Å²) in [6, 6.07) is 8.79. The lowest BCUT2D eigenvalue weighted by Crippen LogP contribution is -2.14. The Morgan fingerprint density at radius 3 is 2.46 bits per heavy atom. The Morgan fingerprint density at radius 2 is 1.82 bits per heavy atom. The summed E-state index contributed by atoms with van der Waals surface area (Å²) in [5.41, 5.74) is 1.57. The first-order valence-electron chi connectivity index (χ1n) is 8.29. The van der Waals surface area contributed by atoms with Crippen LogP contribution in [0.5, 0.6) is 11.5 Å². The van der Waals surface area contributed by atoms with Gasteiger partial charge >= 0.3 is 0 Å². The Hall–Kier alpha value is -3.39. The number of rotatable bonds is 7. The first kappa shape index (κ1) is 19.4. The average Bonchev–Trinajstić information content (AvgIpc) is 2.74. The van der Waals surface area contributed by atoms with Gasteiger partial charge in [-0.15, -0.1) is 0 Å². The summed E-state index contributed by atoms with van der Waals surface area (Å²) in [5, 5.41) is 6.17. The number of carbonyl (C=O) groups excluding carboxylic acids is 1. The molecule has 8 nitrogen and oxygen atoms in total. The lowest BCUT2D eigenvalue weighted by Gasteiger charge is -2.13. The van der Waals surface area contributed by atoms with Crippen LogP contribution < -0.4 is 20.1 Å².